The fourth-order valence-corrected chi connectivity index (χ4v) is 1.44. The summed E-state index contributed by atoms with van der Waals surface area (Å²) < 4.78 is 1.18. The molecule has 0 radical (unpaired) electrons. The van der Waals surface area contributed by atoms with Crippen molar-refractivity contribution < 1.29 is 9.90 Å². The predicted molar refractivity (Wildman–Crippen MR) is 41.0 cm³/mol. The summed E-state index contributed by atoms with van der Waals surface area (Å²) in [7, 11) is 0. The SMILES string of the molecule is Cc1cn(CC(=O)O)c(=O)s1. The summed E-state index contributed by atoms with van der Waals surface area (Å²) in [6.45, 7) is 1.52. The zero-order valence-corrected chi connectivity index (χ0v) is 6.72. The lowest BCUT2D eigenvalue weighted by Gasteiger charge is -1.91. The van der Waals surface area contributed by atoms with Gasteiger partial charge in [-0.25, -0.2) is 0 Å². The van der Waals surface area contributed by atoms with Crippen molar-refractivity contribution in [3.05, 3.63) is 20.7 Å². The average Bonchev–Trinajstić information content (AvgIpc) is 2.09. The molecule has 0 fully saturated rings. The molecule has 0 aromatic carbocycles. The Labute approximate surface area is 66.7 Å². The van der Waals surface area contributed by atoms with Crippen LogP contribution in [0.25, 0.3) is 0 Å². The normalized spacial score (nSPS) is 9.91. The summed E-state index contributed by atoms with van der Waals surface area (Å²) in [4.78, 5) is 21.7. The summed E-state index contributed by atoms with van der Waals surface area (Å²) in [6.07, 6.45) is 1.54. The maximum Gasteiger partial charge on any atom is 0.323 e. The van der Waals surface area contributed by atoms with Crippen LogP contribution in [0.2, 0.25) is 0 Å². The number of aryl methyl sites for hydroxylation is 1. The average molecular weight is 173 g/mol. The third-order valence-corrected chi connectivity index (χ3v) is 1.96. The first-order valence-electron chi connectivity index (χ1n) is 2.98. The van der Waals surface area contributed by atoms with E-state index in [9.17, 15) is 9.59 Å². The Morgan fingerprint density at radius 3 is 2.82 bits per heavy atom. The number of hydrogen-bond donors (Lipinski definition) is 1. The molecular formula is C6H7NO3S. The van der Waals surface area contributed by atoms with E-state index in [0.29, 0.717) is 0 Å². The lowest BCUT2D eigenvalue weighted by Crippen LogP contribution is -2.17. The van der Waals surface area contributed by atoms with E-state index in [1.807, 2.05) is 0 Å². The zero-order valence-electron chi connectivity index (χ0n) is 5.90. The number of carboxylic acid groups (broad SMARTS) is 1. The van der Waals surface area contributed by atoms with Gasteiger partial charge in [-0.3, -0.25) is 14.2 Å². The molecule has 0 saturated heterocycles. The molecule has 0 amide bonds. The Hall–Kier alpha value is -1.10. The molecule has 0 atom stereocenters. The van der Waals surface area contributed by atoms with Gasteiger partial charge in [0.05, 0.1) is 0 Å². The molecule has 1 aromatic rings. The number of carbonyl (C=O) groups is 1. The minimum atomic E-state index is -0.995. The van der Waals surface area contributed by atoms with Gasteiger partial charge < -0.3 is 5.11 Å². The molecule has 1 aromatic heterocycles. The number of nitrogens with zero attached hydrogens (tertiary/aromatic N) is 1. The van der Waals surface area contributed by atoms with Crippen LogP contribution in [0.4, 0.5) is 0 Å². The van der Waals surface area contributed by atoms with Gasteiger partial charge in [0.2, 0.25) is 0 Å². The first-order chi connectivity index (χ1) is 5.09. The number of aliphatic carboxylic acids is 1. The Balaban J connectivity index is 2.95. The number of aromatic nitrogens is 1. The molecule has 4 nitrogen and oxygen atoms in total. The standard InChI is InChI=1S/C6H7NO3S/c1-4-2-7(3-5(8)9)6(10)11-4/h2H,3H2,1H3,(H,8,9). The minimum Gasteiger partial charge on any atom is -0.480 e. The summed E-state index contributed by atoms with van der Waals surface area (Å²) in [5.41, 5.74) is 0. The van der Waals surface area contributed by atoms with Crippen LogP contribution in [0, 0.1) is 6.92 Å². The number of rotatable bonds is 2. The molecule has 1 heterocycles. The van der Waals surface area contributed by atoms with Gasteiger partial charge in [0.15, 0.2) is 0 Å². The van der Waals surface area contributed by atoms with Crippen molar-refractivity contribution in [1.29, 1.82) is 0 Å². The van der Waals surface area contributed by atoms with Gasteiger partial charge in [-0.15, -0.1) is 0 Å². The molecule has 5 heteroatoms. The largest absolute Gasteiger partial charge is 0.480 e. The number of thiazole rings is 1. The van der Waals surface area contributed by atoms with Crippen LogP contribution in [-0.2, 0) is 11.3 Å². The van der Waals surface area contributed by atoms with Crippen LogP contribution in [0.3, 0.4) is 0 Å². The fourth-order valence-electron chi connectivity index (χ4n) is 0.751. The van der Waals surface area contributed by atoms with Gasteiger partial charge >= 0.3 is 10.8 Å². The van der Waals surface area contributed by atoms with Crippen molar-refractivity contribution >= 4 is 17.3 Å². The molecule has 1 N–H and O–H groups in total. The second-order valence-corrected chi connectivity index (χ2v) is 3.33. The van der Waals surface area contributed by atoms with Crippen LogP contribution in [0.1, 0.15) is 4.88 Å². The number of hydrogen-bond acceptors (Lipinski definition) is 3. The molecule has 0 saturated carbocycles. The van der Waals surface area contributed by atoms with Gasteiger partial charge in [-0.1, -0.05) is 11.3 Å². The molecule has 0 aliphatic rings. The first-order valence-corrected chi connectivity index (χ1v) is 3.80. The van der Waals surface area contributed by atoms with E-state index in [1.165, 1.54) is 4.57 Å². The highest BCUT2D eigenvalue weighted by molar-refractivity contribution is 7.09. The van der Waals surface area contributed by atoms with Crippen molar-refractivity contribution in [3.63, 3.8) is 0 Å². The third-order valence-electron chi connectivity index (χ3n) is 1.13. The zero-order chi connectivity index (χ0) is 8.43. The summed E-state index contributed by atoms with van der Waals surface area (Å²) in [6, 6.07) is 0. The predicted octanol–water partition coefficient (Wildman–Crippen LogP) is 0.303. The van der Waals surface area contributed by atoms with Crippen molar-refractivity contribution in [3.8, 4) is 0 Å². The topological polar surface area (TPSA) is 59.3 Å². The van der Waals surface area contributed by atoms with Gasteiger partial charge in [-0.2, -0.15) is 0 Å². The monoisotopic (exact) mass is 173 g/mol. The highest BCUT2D eigenvalue weighted by Gasteiger charge is 2.03. The third kappa shape index (κ3) is 1.91. The van der Waals surface area contributed by atoms with E-state index in [2.05, 4.69) is 0 Å². The van der Waals surface area contributed by atoms with Crippen LogP contribution in [0.15, 0.2) is 11.0 Å². The van der Waals surface area contributed by atoms with E-state index < -0.39 is 5.97 Å². The molecular weight excluding hydrogens is 166 g/mol. The molecule has 11 heavy (non-hydrogen) atoms. The van der Waals surface area contributed by atoms with E-state index in [0.717, 1.165) is 16.2 Å². The lowest BCUT2D eigenvalue weighted by molar-refractivity contribution is -0.137. The second-order valence-electron chi connectivity index (χ2n) is 2.13. The summed E-state index contributed by atoms with van der Waals surface area (Å²) >= 11 is 1.06. The van der Waals surface area contributed by atoms with E-state index >= 15 is 0 Å². The van der Waals surface area contributed by atoms with Gasteiger partial charge in [0, 0.05) is 11.1 Å². The summed E-state index contributed by atoms with van der Waals surface area (Å²) in [5, 5.41) is 8.35. The molecule has 0 bridgehead atoms. The first kappa shape index (κ1) is 8.00. The highest BCUT2D eigenvalue weighted by Crippen LogP contribution is 1.99. The van der Waals surface area contributed by atoms with Gasteiger partial charge in [-0.05, 0) is 6.92 Å². The maximum absolute atomic E-state index is 10.9. The van der Waals surface area contributed by atoms with Crippen molar-refractivity contribution in [2.75, 3.05) is 0 Å². The minimum absolute atomic E-state index is 0.218. The van der Waals surface area contributed by atoms with Crippen molar-refractivity contribution in [2.24, 2.45) is 0 Å². The Bertz CT molecular complexity index is 325. The highest BCUT2D eigenvalue weighted by atomic mass is 32.1. The molecule has 0 aliphatic carbocycles. The Morgan fingerprint density at radius 2 is 2.45 bits per heavy atom. The molecule has 0 aliphatic heterocycles. The van der Waals surface area contributed by atoms with Crippen molar-refractivity contribution in [2.45, 2.75) is 13.5 Å². The smallest absolute Gasteiger partial charge is 0.323 e. The van der Waals surface area contributed by atoms with E-state index in [-0.39, 0.29) is 11.4 Å². The van der Waals surface area contributed by atoms with Gasteiger partial charge in [0.1, 0.15) is 6.54 Å². The quantitative estimate of drug-likeness (QED) is 0.699. The lowest BCUT2D eigenvalue weighted by atomic mass is 10.6. The molecule has 60 valence electrons. The second kappa shape index (κ2) is 2.87. The Kier molecular flexibility index (Phi) is 2.09. The van der Waals surface area contributed by atoms with Crippen LogP contribution in [0.5, 0.6) is 0 Å². The van der Waals surface area contributed by atoms with Crippen LogP contribution in [-0.4, -0.2) is 15.6 Å². The fraction of sp³-hybridized carbons (Fsp3) is 0.333. The summed E-state index contributed by atoms with van der Waals surface area (Å²) in [5.74, 6) is -0.995. The van der Waals surface area contributed by atoms with Crippen LogP contribution < -0.4 is 4.87 Å². The molecule has 0 unspecified atom stereocenters. The van der Waals surface area contributed by atoms with E-state index in [4.69, 9.17) is 5.11 Å². The number of carboxylic acids is 1. The van der Waals surface area contributed by atoms with Crippen LogP contribution >= 0.6 is 11.3 Å². The maximum atomic E-state index is 10.9. The van der Waals surface area contributed by atoms with Gasteiger partial charge in [0.25, 0.3) is 0 Å². The van der Waals surface area contributed by atoms with E-state index in [1.54, 1.807) is 13.1 Å². The Morgan fingerprint density at radius 1 is 1.82 bits per heavy atom. The molecule has 0 spiro atoms. The molecule has 1 rings (SSSR count). The van der Waals surface area contributed by atoms with Crippen molar-refractivity contribution in [1.82, 2.24) is 4.57 Å².